The predicted molar refractivity (Wildman–Crippen MR) is 139 cm³/mol. The third-order valence-corrected chi connectivity index (χ3v) is 9.62. The average Bonchev–Trinajstić information content (AvgIpc) is 3.60. The maximum atomic E-state index is 14.2. The number of hydrogen-bond donors (Lipinski definition) is 0. The molecule has 1 fully saturated rings. The molecule has 3 aromatic heterocycles. The Labute approximate surface area is 225 Å². The molecule has 10 nitrogen and oxygen atoms in total. The number of pyridine rings is 1. The van der Waals surface area contributed by atoms with Crippen LogP contribution < -0.4 is 0 Å². The number of halogens is 1. The molecule has 4 heterocycles. The summed E-state index contributed by atoms with van der Waals surface area (Å²) >= 11 is 0. The molecule has 0 amide bonds. The first-order chi connectivity index (χ1) is 18.7. The lowest BCUT2D eigenvalue weighted by molar-refractivity contribution is 0.0394. The topological polar surface area (TPSA) is 116 Å². The Morgan fingerprint density at radius 1 is 1.15 bits per heavy atom. The largest absolute Gasteiger partial charge is 0.292 e. The van der Waals surface area contributed by atoms with Gasteiger partial charge in [-0.1, -0.05) is 11.3 Å². The molecular weight excluding hydrogens is 521 g/mol. The number of aromatic nitrogens is 6. The average molecular weight is 550 g/mol. The summed E-state index contributed by atoms with van der Waals surface area (Å²) in [5, 5.41) is 12.4. The standard InChI is InChI=1S/C27H28FN7O3S/c1-18(2)34-16-25(31-32-34)39(37,38)33-12-10-20-13-24-19(15-30-35(24)22-8-6-21(28)7-9-22)14-27(20,17-33)26(36)23-5-3-4-11-29-23/h3-9,11,15-16,18,20H,10,12-14,17H2,1-2H3/t20-,27-/m0/s1. The van der Waals surface area contributed by atoms with Gasteiger partial charge in [0.1, 0.15) is 11.5 Å². The van der Waals surface area contributed by atoms with Gasteiger partial charge in [-0.2, -0.15) is 9.40 Å². The first-order valence-electron chi connectivity index (χ1n) is 12.9. The van der Waals surface area contributed by atoms with Crippen molar-refractivity contribution in [3.63, 3.8) is 0 Å². The van der Waals surface area contributed by atoms with Crippen LogP contribution in [0.25, 0.3) is 5.69 Å². The van der Waals surface area contributed by atoms with Crippen molar-refractivity contribution in [1.82, 2.24) is 34.1 Å². The molecule has 0 radical (unpaired) electrons. The highest BCUT2D eigenvalue weighted by Gasteiger charge is 2.55. The maximum Gasteiger partial charge on any atom is 0.264 e. The number of Topliss-reactive ketones (excluding diaryl/α,β-unsaturated/α-hetero) is 1. The lowest BCUT2D eigenvalue weighted by Gasteiger charge is -2.48. The molecule has 1 aliphatic carbocycles. The Balaban J connectivity index is 1.41. The zero-order chi connectivity index (χ0) is 27.4. The van der Waals surface area contributed by atoms with E-state index in [9.17, 15) is 17.6 Å². The van der Waals surface area contributed by atoms with Gasteiger partial charge in [0.25, 0.3) is 10.0 Å². The van der Waals surface area contributed by atoms with Gasteiger partial charge in [-0.05, 0) is 81.0 Å². The summed E-state index contributed by atoms with van der Waals surface area (Å²) in [6, 6.07) is 11.2. The predicted octanol–water partition coefficient (Wildman–Crippen LogP) is 3.26. The van der Waals surface area contributed by atoms with Gasteiger partial charge >= 0.3 is 0 Å². The van der Waals surface area contributed by atoms with E-state index < -0.39 is 15.4 Å². The van der Waals surface area contributed by atoms with E-state index in [0.29, 0.717) is 25.0 Å². The molecule has 202 valence electrons. The fraction of sp³-hybridized carbons (Fsp3) is 0.370. The molecule has 2 atom stereocenters. The number of carbonyl (C=O) groups is 1. The van der Waals surface area contributed by atoms with Gasteiger partial charge in [0.15, 0.2) is 5.78 Å². The van der Waals surface area contributed by atoms with E-state index in [-0.39, 0.29) is 41.7 Å². The number of sulfonamides is 1. The van der Waals surface area contributed by atoms with Crippen molar-refractivity contribution in [2.24, 2.45) is 11.3 Å². The zero-order valence-corrected chi connectivity index (χ0v) is 22.4. The van der Waals surface area contributed by atoms with Crippen LogP contribution in [0.1, 0.15) is 48.1 Å². The van der Waals surface area contributed by atoms with Gasteiger partial charge < -0.3 is 0 Å². The molecule has 0 unspecified atom stereocenters. The second kappa shape index (κ2) is 9.45. The summed E-state index contributed by atoms with van der Waals surface area (Å²) in [6.45, 7) is 4.04. The second-order valence-corrected chi connectivity index (χ2v) is 12.4. The minimum absolute atomic E-state index is 0.00507. The molecule has 1 aromatic carbocycles. The monoisotopic (exact) mass is 549 g/mol. The molecule has 0 spiro atoms. The van der Waals surface area contributed by atoms with Crippen LogP contribution in [-0.2, 0) is 22.9 Å². The van der Waals surface area contributed by atoms with E-state index >= 15 is 0 Å². The summed E-state index contributed by atoms with van der Waals surface area (Å²) in [7, 11) is -3.99. The minimum Gasteiger partial charge on any atom is -0.292 e. The van der Waals surface area contributed by atoms with Crippen molar-refractivity contribution in [1.29, 1.82) is 0 Å². The second-order valence-electron chi connectivity index (χ2n) is 10.5. The Hall–Kier alpha value is -3.77. The number of ketones is 1. The summed E-state index contributed by atoms with van der Waals surface area (Å²) < 4.78 is 45.6. The number of nitrogens with zero attached hydrogens (tertiary/aromatic N) is 7. The quantitative estimate of drug-likeness (QED) is 0.339. The SMILES string of the molecule is CC(C)n1cc(S(=O)(=O)N2CC[C@H]3Cc4c(cnn4-c4ccc(F)cc4)C[C@]3(C(=O)c3ccccn3)C2)nn1. The molecule has 0 saturated carbocycles. The molecule has 2 aliphatic rings. The van der Waals surface area contributed by atoms with Crippen molar-refractivity contribution >= 4 is 15.8 Å². The Morgan fingerprint density at radius 3 is 2.64 bits per heavy atom. The summed E-state index contributed by atoms with van der Waals surface area (Å²) in [6.07, 6.45) is 6.05. The highest BCUT2D eigenvalue weighted by molar-refractivity contribution is 7.89. The van der Waals surface area contributed by atoms with Crippen molar-refractivity contribution < 1.29 is 17.6 Å². The van der Waals surface area contributed by atoms with E-state index in [4.69, 9.17) is 0 Å². The third kappa shape index (κ3) is 4.27. The Bertz CT molecular complexity index is 1630. The van der Waals surface area contributed by atoms with Crippen LogP contribution in [0.5, 0.6) is 0 Å². The zero-order valence-electron chi connectivity index (χ0n) is 21.6. The van der Waals surface area contributed by atoms with E-state index in [2.05, 4.69) is 20.4 Å². The number of benzene rings is 1. The van der Waals surface area contributed by atoms with E-state index in [0.717, 1.165) is 16.9 Å². The van der Waals surface area contributed by atoms with Crippen LogP contribution in [0.2, 0.25) is 0 Å². The van der Waals surface area contributed by atoms with Crippen LogP contribution in [-0.4, -0.2) is 61.4 Å². The highest BCUT2D eigenvalue weighted by Crippen LogP contribution is 2.48. The smallest absolute Gasteiger partial charge is 0.264 e. The molecule has 4 aromatic rings. The van der Waals surface area contributed by atoms with Crippen LogP contribution in [0.3, 0.4) is 0 Å². The van der Waals surface area contributed by atoms with Gasteiger partial charge in [-0.3, -0.25) is 9.78 Å². The van der Waals surface area contributed by atoms with Gasteiger partial charge in [0.2, 0.25) is 5.03 Å². The van der Waals surface area contributed by atoms with E-state index in [1.54, 1.807) is 47.4 Å². The molecular formula is C27H28FN7O3S. The van der Waals surface area contributed by atoms with Crippen molar-refractivity contribution in [2.45, 2.75) is 44.2 Å². The lowest BCUT2D eigenvalue weighted by Crippen LogP contribution is -2.57. The Morgan fingerprint density at radius 2 is 1.95 bits per heavy atom. The molecule has 6 rings (SSSR count). The normalized spacial score (nSPS) is 21.5. The van der Waals surface area contributed by atoms with Gasteiger partial charge in [0, 0.05) is 31.0 Å². The molecule has 1 aliphatic heterocycles. The van der Waals surface area contributed by atoms with Crippen molar-refractivity contribution in [2.75, 3.05) is 13.1 Å². The fourth-order valence-electron chi connectivity index (χ4n) is 5.81. The highest BCUT2D eigenvalue weighted by atomic mass is 32.2. The van der Waals surface area contributed by atoms with Crippen LogP contribution in [0, 0.1) is 17.2 Å². The van der Waals surface area contributed by atoms with Gasteiger partial charge in [-0.25, -0.2) is 22.2 Å². The van der Waals surface area contributed by atoms with Crippen molar-refractivity contribution in [3.8, 4) is 5.69 Å². The van der Waals surface area contributed by atoms with Crippen molar-refractivity contribution in [3.05, 3.63) is 83.8 Å². The van der Waals surface area contributed by atoms with E-state index in [1.807, 2.05) is 13.8 Å². The number of carbonyl (C=O) groups excluding carboxylic acids is 1. The van der Waals surface area contributed by atoms with Gasteiger partial charge in [0.05, 0.1) is 23.5 Å². The summed E-state index contributed by atoms with van der Waals surface area (Å²) in [4.78, 5) is 18.5. The summed E-state index contributed by atoms with van der Waals surface area (Å²) in [5.41, 5.74) is 1.82. The Kier molecular flexibility index (Phi) is 6.18. The van der Waals surface area contributed by atoms with Gasteiger partial charge in [-0.15, -0.1) is 5.10 Å². The molecule has 1 saturated heterocycles. The number of rotatable bonds is 6. The first-order valence-corrected chi connectivity index (χ1v) is 14.3. The summed E-state index contributed by atoms with van der Waals surface area (Å²) in [5.74, 6) is -0.658. The molecule has 12 heteroatoms. The van der Waals surface area contributed by atoms with Crippen LogP contribution in [0.4, 0.5) is 4.39 Å². The van der Waals surface area contributed by atoms with E-state index in [1.165, 1.54) is 27.3 Å². The molecule has 0 N–H and O–H groups in total. The number of hydrogen-bond acceptors (Lipinski definition) is 7. The third-order valence-electron chi connectivity index (χ3n) is 7.91. The first kappa shape index (κ1) is 25.5. The number of piperidine rings is 1. The molecule has 39 heavy (non-hydrogen) atoms. The molecule has 0 bridgehead atoms. The van der Waals surface area contributed by atoms with Crippen LogP contribution in [0.15, 0.2) is 66.1 Å². The van der Waals surface area contributed by atoms with Crippen LogP contribution >= 0.6 is 0 Å². The lowest BCUT2D eigenvalue weighted by atomic mass is 9.60. The number of fused-ring (bicyclic) bond motifs is 2. The fourth-order valence-corrected chi connectivity index (χ4v) is 7.20. The minimum atomic E-state index is -3.99. The maximum absolute atomic E-state index is 14.2.